The quantitative estimate of drug-likeness (QED) is 0.482. The van der Waals surface area contributed by atoms with Gasteiger partial charge in [-0.2, -0.15) is 0 Å². The number of ether oxygens (including phenoxy) is 1. The van der Waals surface area contributed by atoms with Crippen LogP contribution in [0.15, 0.2) is 28.9 Å². The van der Waals surface area contributed by atoms with Crippen molar-refractivity contribution in [3.63, 3.8) is 0 Å². The Kier molecular flexibility index (Phi) is 3.57. The van der Waals surface area contributed by atoms with E-state index in [1.807, 2.05) is 0 Å². The Hall–Kier alpha value is -2.37. The van der Waals surface area contributed by atoms with Crippen LogP contribution in [0.4, 0.5) is 0 Å². The van der Waals surface area contributed by atoms with Crippen molar-refractivity contribution in [3.05, 3.63) is 30.2 Å². The summed E-state index contributed by atoms with van der Waals surface area (Å²) in [4.78, 5) is 33.6. The van der Waals surface area contributed by atoms with Crippen LogP contribution >= 0.6 is 0 Å². The summed E-state index contributed by atoms with van der Waals surface area (Å²) in [6.07, 6.45) is 4.61. The third kappa shape index (κ3) is 3.07. The molecule has 1 aliphatic rings. The van der Waals surface area contributed by atoms with E-state index < -0.39 is 23.9 Å². The predicted octanol–water partition coefficient (Wildman–Crippen LogP) is 0.641. The molecule has 1 aromatic heterocycles. The van der Waals surface area contributed by atoms with Crippen LogP contribution in [0, 0.1) is 0 Å². The molecule has 0 spiro atoms. The number of hydrogen-bond acceptors (Lipinski definition) is 5. The SMILES string of the molecule is O=C(C=Cc1ccco1)NC1CCC(=O)OC1=O. The maximum atomic E-state index is 11.5. The van der Waals surface area contributed by atoms with Crippen molar-refractivity contribution in [1.29, 1.82) is 0 Å². The number of rotatable bonds is 3. The summed E-state index contributed by atoms with van der Waals surface area (Å²) in [6.45, 7) is 0. The number of hydrogen-bond donors (Lipinski definition) is 1. The highest BCUT2D eigenvalue weighted by Gasteiger charge is 2.29. The number of esters is 2. The Morgan fingerprint density at radius 2 is 2.28 bits per heavy atom. The topological polar surface area (TPSA) is 85.6 Å². The minimum Gasteiger partial charge on any atom is -0.465 e. The largest absolute Gasteiger partial charge is 0.465 e. The van der Waals surface area contributed by atoms with E-state index in [4.69, 9.17) is 4.42 Å². The molecule has 1 aliphatic heterocycles. The first kappa shape index (κ1) is 12.1. The van der Waals surface area contributed by atoms with Gasteiger partial charge in [-0.3, -0.25) is 9.59 Å². The Labute approximate surface area is 103 Å². The molecule has 18 heavy (non-hydrogen) atoms. The fourth-order valence-electron chi connectivity index (χ4n) is 1.51. The number of nitrogens with one attached hydrogen (secondary N) is 1. The highest BCUT2D eigenvalue weighted by molar-refractivity contribution is 5.97. The number of furan rings is 1. The molecule has 1 fully saturated rings. The molecule has 0 aromatic carbocycles. The van der Waals surface area contributed by atoms with Crippen LogP contribution in [0.25, 0.3) is 6.08 Å². The van der Waals surface area contributed by atoms with Crippen molar-refractivity contribution < 1.29 is 23.5 Å². The lowest BCUT2D eigenvalue weighted by molar-refractivity contribution is -0.165. The third-order valence-electron chi connectivity index (χ3n) is 2.39. The first-order valence-electron chi connectivity index (χ1n) is 5.42. The normalized spacial score (nSPS) is 19.9. The van der Waals surface area contributed by atoms with E-state index in [1.165, 1.54) is 18.4 Å². The Morgan fingerprint density at radius 3 is 2.94 bits per heavy atom. The van der Waals surface area contributed by atoms with Gasteiger partial charge >= 0.3 is 11.9 Å². The molecule has 1 aromatic rings. The monoisotopic (exact) mass is 249 g/mol. The van der Waals surface area contributed by atoms with Gasteiger partial charge in [0.25, 0.3) is 0 Å². The lowest BCUT2D eigenvalue weighted by Crippen LogP contribution is -2.45. The van der Waals surface area contributed by atoms with Crippen LogP contribution in [-0.2, 0) is 19.1 Å². The summed E-state index contributed by atoms with van der Waals surface area (Å²) >= 11 is 0. The standard InChI is InChI=1S/C12H11NO5/c14-10(5-3-8-2-1-7-17-8)13-9-4-6-11(15)18-12(9)16/h1-3,5,7,9H,4,6H2,(H,13,14). The van der Waals surface area contributed by atoms with Crippen LogP contribution in [0.1, 0.15) is 18.6 Å². The van der Waals surface area contributed by atoms with Gasteiger partial charge in [0.1, 0.15) is 11.8 Å². The first-order chi connectivity index (χ1) is 8.65. The maximum absolute atomic E-state index is 11.5. The summed E-state index contributed by atoms with van der Waals surface area (Å²) in [6, 6.07) is 2.62. The third-order valence-corrected chi connectivity index (χ3v) is 2.39. The molecular formula is C12H11NO5. The van der Waals surface area contributed by atoms with Crippen LogP contribution in [0.2, 0.25) is 0 Å². The van der Waals surface area contributed by atoms with E-state index in [-0.39, 0.29) is 12.8 Å². The summed E-state index contributed by atoms with van der Waals surface area (Å²) in [5, 5.41) is 2.46. The second kappa shape index (κ2) is 5.31. The second-order valence-corrected chi connectivity index (χ2v) is 3.74. The molecule has 94 valence electrons. The van der Waals surface area contributed by atoms with E-state index in [1.54, 1.807) is 12.1 Å². The van der Waals surface area contributed by atoms with Crippen molar-refractivity contribution in [2.24, 2.45) is 0 Å². The van der Waals surface area contributed by atoms with Crippen molar-refractivity contribution in [2.75, 3.05) is 0 Å². The number of carbonyl (C=O) groups is 3. The lowest BCUT2D eigenvalue weighted by atomic mass is 10.1. The van der Waals surface area contributed by atoms with E-state index in [2.05, 4.69) is 10.1 Å². The van der Waals surface area contributed by atoms with Crippen LogP contribution in [0.3, 0.4) is 0 Å². The van der Waals surface area contributed by atoms with Crippen molar-refractivity contribution in [2.45, 2.75) is 18.9 Å². The zero-order valence-corrected chi connectivity index (χ0v) is 9.42. The van der Waals surface area contributed by atoms with Gasteiger partial charge in [0.15, 0.2) is 0 Å². The zero-order chi connectivity index (χ0) is 13.0. The molecule has 6 nitrogen and oxygen atoms in total. The molecule has 0 bridgehead atoms. The van der Waals surface area contributed by atoms with Crippen molar-refractivity contribution in [1.82, 2.24) is 5.32 Å². The average molecular weight is 249 g/mol. The van der Waals surface area contributed by atoms with Gasteiger partial charge in [-0.15, -0.1) is 0 Å². The average Bonchev–Trinajstić information content (AvgIpc) is 2.83. The molecule has 2 heterocycles. The summed E-state index contributed by atoms with van der Waals surface area (Å²) < 4.78 is 9.42. The van der Waals surface area contributed by atoms with E-state index in [0.29, 0.717) is 5.76 Å². The Morgan fingerprint density at radius 1 is 1.44 bits per heavy atom. The molecule has 1 saturated heterocycles. The lowest BCUT2D eigenvalue weighted by Gasteiger charge is -2.19. The molecule has 0 radical (unpaired) electrons. The number of amides is 1. The smallest absolute Gasteiger partial charge is 0.336 e. The Bertz CT molecular complexity index is 489. The van der Waals surface area contributed by atoms with Gasteiger partial charge in [-0.25, -0.2) is 4.79 Å². The summed E-state index contributed by atoms with van der Waals surface area (Å²) in [5.41, 5.74) is 0. The van der Waals surface area contributed by atoms with Crippen LogP contribution in [-0.4, -0.2) is 23.9 Å². The minimum atomic E-state index is -0.767. The molecular weight excluding hydrogens is 238 g/mol. The highest BCUT2D eigenvalue weighted by atomic mass is 16.6. The molecule has 0 aliphatic carbocycles. The fraction of sp³-hybridized carbons (Fsp3) is 0.250. The van der Waals surface area contributed by atoms with Gasteiger partial charge in [0, 0.05) is 12.5 Å². The van der Waals surface area contributed by atoms with Gasteiger partial charge < -0.3 is 14.5 Å². The Balaban J connectivity index is 1.88. The molecule has 1 unspecified atom stereocenters. The first-order valence-corrected chi connectivity index (χ1v) is 5.42. The van der Waals surface area contributed by atoms with Gasteiger partial charge in [0.05, 0.1) is 6.26 Å². The molecule has 0 saturated carbocycles. The van der Waals surface area contributed by atoms with Gasteiger partial charge in [-0.1, -0.05) is 0 Å². The van der Waals surface area contributed by atoms with Crippen LogP contribution < -0.4 is 5.32 Å². The van der Waals surface area contributed by atoms with Crippen LogP contribution in [0.5, 0.6) is 0 Å². The molecule has 2 rings (SSSR count). The van der Waals surface area contributed by atoms with Gasteiger partial charge in [-0.05, 0) is 24.6 Å². The van der Waals surface area contributed by atoms with E-state index >= 15 is 0 Å². The van der Waals surface area contributed by atoms with Gasteiger partial charge in [0.2, 0.25) is 5.91 Å². The summed E-state index contributed by atoms with van der Waals surface area (Å²) in [7, 11) is 0. The van der Waals surface area contributed by atoms with E-state index in [0.717, 1.165) is 0 Å². The summed E-state index contributed by atoms with van der Waals surface area (Å²) in [5.74, 6) is -1.18. The number of cyclic esters (lactones) is 2. The van der Waals surface area contributed by atoms with E-state index in [9.17, 15) is 14.4 Å². The van der Waals surface area contributed by atoms with Crippen molar-refractivity contribution in [3.8, 4) is 0 Å². The fourth-order valence-corrected chi connectivity index (χ4v) is 1.51. The molecule has 1 amide bonds. The van der Waals surface area contributed by atoms with Crippen molar-refractivity contribution >= 4 is 23.9 Å². The zero-order valence-electron chi connectivity index (χ0n) is 9.42. The predicted molar refractivity (Wildman–Crippen MR) is 60.0 cm³/mol. The number of carbonyl (C=O) groups excluding carboxylic acids is 3. The molecule has 1 N–H and O–H groups in total. The molecule has 1 atom stereocenters. The highest BCUT2D eigenvalue weighted by Crippen LogP contribution is 2.09. The minimum absolute atomic E-state index is 0.124. The molecule has 6 heteroatoms. The maximum Gasteiger partial charge on any atom is 0.336 e. The second-order valence-electron chi connectivity index (χ2n) is 3.74.